The molecule has 0 aromatic heterocycles. The monoisotopic (exact) mass is 251 g/mol. The van der Waals surface area contributed by atoms with E-state index in [1.54, 1.807) is 7.11 Å². The van der Waals surface area contributed by atoms with E-state index >= 15 is 0 Å². The molecule has 4 nitrogen and oxygen atoms in total. The molecule has 0 aliphatic carbocycles. The summed E-state index contributed by atoms with van der Waals surface area (Å²) in [5.74, 6) is 0.775. The Kier molecular flexibility index (Phi) is 6.22. The molecule has 18 heavy (non-hydrogen) atoms. The fourth-order valence-electron chi connectivity index (χ4n) is 1.72. The molecule has 0 aliphatic rings. The normalized spacial score (nSPS) is 11.9. The number of carbonyl (C=O) groups excluding carboxylic acids is 1. The molecule has 4 heteroatoms. The van der Waals surface area contributed by atoms with Gasteiger partial charge in [0.25, 0.3) is 0 Å². The predicted molar refractivity (Wildman–Crippen MR) is 70.7 cm³/mol. The minimum absolute atomic E-state index is 0.0122. The van der Waals surface area contributed by atoms with Gasteiger partial charge in [-0.1, -0.05) is 18.2 Å². The maximum absolute atomic E-state index is 11.7. The minimum atomic E-state index is -0.0738. The van der Waals surface area contributed by atoms with E-state index in [9.17, 15) is 4.79 Å². The summed E-state index contributed by atoms with van der Waals surface area (Å²) in [7, 11) is 1.63. The van der Waals surface area contributed by atoms with E-state index in [1.165, 1.54) is 0 Å². The van der Waals surface area contributed by atoms with Crippen LogP contribution in [-0.2, 0) is 9.53 Å². The second kappa shape index (κ2) is 7.71. The lowest BCUT2D eigenvalue weighted by atomic mass is 10.1. The van der Waals surface area contributed by atoms with Crippen molar-refractivity contribution in [2.24, 2.45) is 0 Å². The van der Waals surface area contributed by atoms with Gasteiger partial charge in [-0.25, -0.2) is 0 Å². The van der Waals surface area contributed by atoms with Crippen LogP contribution in [0, 0.1) is 0 Å². The molecular formula is C14H21NO3. The number of nitrogens with one attached hydrogen (secondary N) is 1. The summed E-state index contributed by atoms with van der Waals surface area (Å²) >= 11 is 0. The van der Waals surface area contributed by atoms with E-state index in [0.29, 0.717) is 19.6 Å². The van der Waals surface area contributed by atoms with Crippen LogP contribution in [0.2, 0.25) is 0 Å². The smallest absolute Gasteiger partial charge is 0.222 e. The average molecular weight is 251 g/mol. The van der Waals surface area contributed by atoms with Crippen molar-refractivity contribution in [3.63, 3.8) is 0 Å². The molecule has 1 amide bonds. The number of ether oxygens (including phenoxy) is 2. The number of amides is 1. The van der Waals surface area contributed by atoms with E-state index in [1.807, 2.05) is 38.1 Å². The van der Waals surface area contributed by atoms with Crippen molar-refractivity contribution in [1.29, 1.82) is 0 Å². The Morgan fingerprint density at radius 3 is 2.78 bits per heavy atom. The Hall–Kier alpha value is -1.55. The van der Waals surface area contributed by atoms with Crippen molar-refractivity contribution in [3.05, 3.63) is 29.8 Å². The standard InChI is InChI=1S/C14H21NO3/c1-4-18-10-9-14(16)15-11(2)12-7-5-6-8-13(12)17-3/h5-8,11H,4,9-10H2,1-3H3,(H,15,16). The van der Waals surface area contributed by atoms with Gasteiger partial charge in [0, 0.05) is 18.6 Å². The van der Waals surface area contributed by atoms with E-state index in [0.717, 1.165) is 11.3 Å². The Morgan fingerprint density at radius 2 is 2.11 bits per heavy atom. The summed E-state index contributed by atoms with van der Waals surface area (Å²) < 4.78 is 10.4. The van der Waals surface area contributed by atoms with Crippen LogP contribution >= 0.6 is 0 Å². The van der Waals surface area contributed by atoms with Gasteiger partial charge < -0.3 is 14.8 Å². The fraction of sp³-hybridized carbons (Fsp3) is 0.500. The largest absolute Gasteiger partial charge is 0.496 e. The van der Waals surface area contributed by atoms with E-state index in [4.69, 9.17) is 9.47 Å². The Balaban J connectivity index is 2.53. The third-order valence-corrected chi connectivity index (χ3v) is 2.66. The highest BCUT2D eigenvalue weighted by molar-refractivity contribution is 5.76. The van der Waals surface area contributed by atoms with Crippen molar-refractivity contribution in [1.82, 2.24) is 5.32 Å². The lowest BCUT2D eigenvalue weighted by Crippen LogP contribution is -2.27. The van der Waals surface area contributed by atoms with Crippen LogP contribution in [0.1, 0.15) is 31.9 Å². The molecule has 0 spiro atoms. The number of hydrogen-bond donors (Lipinski definition) is 1. The molecule has 1 aromatic carbocycles. The number of carbonyl (C=O) groups is 1. The van der Waals surface area contributed by atoms with Crippen molar-refractivity contribution in [3.8, 4) is 5.75 Å². The molecule has 1 N–H and O–H groups in total. The molecule has 0 radical (unpaired) electrons. The van der Waals surface area contributed by atoms with Crippen LogP contribution in [0.4, 0.5) is 0 Å². The third-order valence-electron chi connectivity index (χ3n) is 2.66. The van der Waals surface area contributed by atoms with Crippen molar-refractivity contribution in [2.45, 2.75) is 26.3 Å². The van der Waals surface area contributed by atoms with Crippen molar-refractivity contribution in [2.75, 3.05) is 20.3 Å². The highest BCUT2D eigenvalue weighted by Gasteiger charge is 2.13. The number of hydrogen-bond acceptors (Lipinski definition) is 3. The highest BCUT2D eigenvalue weighted by atomic mass is 16.5. The van der Waals surface area contributed by atoms with Crippen molar-refractivity contribution >= 4 is 5.91 Å². The highest BCUT2D eigenvalue weighted by Crippen LogP contribution is 2.24. The zero-order valence-corrected chi connectivity index (χ0v) is 11.2. The van der Waals surface area contributed by atoms with E-state index in [-0.39, 0.29) is 11.9 Å². The molecule has 1 rings (SSSR count). The summed E-state index contributed by atoms with van der Waals surface area (Å²) in [4.78, 5) is 11.7. The first-order chi connectivity index (χ1) is 8.69. The van der Waals surface area contributed by atoms with Gasteiger partial charge in [0.1, 0.15) is 5.75 Å². The minimum Gasteiger partial charge on any atom is -0.496 e. The first-order valence-corrected chi connectivity index (χ1v) is 6.19. The molecule has 0 heterocycles. The Morgan fingerprint density at radius 1 is 1.39 bits per heavy atom. The Labute approximate surface area is 108 Å². The van der Waals surface area contributed by atoms with Gasteiger partial charge in [-0.2, -0.15) is 0 Å². The summed E-state index contributed by atoms with van der Waals surface area (Å²) in [6.45, 7) is 4.95. The zero-order valence-electron chi connectivity index (χ0n) is 11.2. The quantitative estimate of drug-likeness (QED) is 0.756. The van der Waals surface area contributed by atoms with Gasteiger partial charge in [0.05, 0.1) is 19.8 Å². The second-order valence-corrected chi connectivity index (χ2v) is 3.98. The lowest BCUT2D eigenvalue weighted by Gasteiger charge is -2.17. The van der Waals surface area contributed by atoms with Gasteiger partial charge in [-0.15, -0.1) is 0 Å². The maximum Gasteiger partial charge on any atom is 0.222 e. The van der Waals surface area contributed by atoms with Crippen LogP contribution in [-0.4, -0.2) is 26.2 Å². The van der Waals surface area contributed by atoms with E-state index < -0.39 is 0 Å². The molecule has 0 saturated carbocycles. The molecule has 0 fully saturated rings. The average Bonchev–Trinajstić information content (AvgIpc) is 2.39. The molecule has 1 unspecified atom stereocenters. The van der Waals surface area contributed by atoms with Gasteiger partial charge in [0.15, 0.2) is 0 Å². The number of methoxy groups -OCH3 is 1. The maximum atomic E-state index is 11.7. The predicted octanol–water partition coefficient (Wildman–Crippen LogP) is 2.30. The van der Waals surface area contributed by atoms with Crippen molar-refractivity contribution < 1.29 is 14.3 Å². The zero-order chi connectivity index (χ0) is 13.4. The Bertz CT molecular complexity index is 379. The molecular weight excluding hydrogens is 230 g/mol. The van der Waals surface area contributed by atoms with Crippen LogP contribution < -0.4 is 10.1 Å². The van der Waals surface area contributed by atoms with Gasteiger partial charge in [-0.3, -0.25) is 4.79 Å². The third kappa shape index (κ3) is 4.37. The number of para-hydroxylation sites is 1. The molecule has 0 saturated heterocycles. The summed E-state index contributed by atoms with van der Waals surface area (Å²) in [5, 5.41) is 2.93. The molecule has 1 atom stereocenters. The number of rotatable bonds is 7. The van der Waals surface area contributed by atoms with Crippen LogP contribution in [0.3, 0.4) is 0 Å². The van der Waals surface area contributed by atoms with Crippen LogP contribution in [0.5, 0.6) is 5.75 Å². The summed E-state index contributed by atoms with van der Waals surface area (Å²) in [6, 6.07) is 7.60. The fourth-order valence-corrected chi connectivity index (χ4v) is 1.72. The van der Waals surface area contributed by atoms with Gasteiger partial charge >= 0.3 is 0 Å². The van der Waals surface area contributed by atoms with Crippen LogP contribution in [0.25, 0.3) is 0 Å². The molecule has 0 aliphatic heterocycles. The second-order valence-electron chi connectivity index (χ2n) is 3.98. The first kappa shape index (κ1) is 14.5. The summed E-state index contributed by atoms with van der Waals surface area (Å²) in [6.07, 6.45) is 0.382. The molecule has 0 bridgehead atoms. The summed E-state index contributed by atoms with van der Waals surface area (Å²) in [5.41, 5.74) is 0.977. The van der Waals surface area contributed by atoms with Gasteiger partial charge in [-0.05, 0) is 19.9 Å². The molecule has 100 valence electrons. The SMILES string of the molecule is CCOCCC(=O)NC(C)c1ccccc1OC. The lowest BCUT2D eigenvalue weighted by molar-refractivity contribution is -0.122. The van der Waals surface area contributed by atoms with Crippen LogP contribution in [0.15, 0.2) is 24.3 Å². The van der Waals surface area contributed by atoms with Gasteiger partial charge in [0.2, 0.25) is 5.91 Å². The first-order valence-electron chi connectivity index (χ1n) is 6.19. The molecule has 1 aromatic rings. The topological polar surface area (TPSA) is 47.6 Å². The number of benzene rings is 1. The van der Waals surface area contributed by atoms with E-state index in [2.05, 4.69) is 5.32 Å².